The van der Waals surface area contributed by atoms with E-state index in [1.807, 2.05) is 0 Å². The normalized spacial score (nSPS) is 42.7. The Morgan fingerprint density at radius 3 is 1.33 bits per heavy atom. The topological polar surface area (TPSA) is 13.0 Å². The molecule has 4 nitrogen and oxygen atoms in total. The van der Waals surface area contributed by atoms with Gasteiger partial charge in [0.1, 0.15) is 0 Å². The summed E-state index contributed by atoms with van der Waals surface area (Å²) in [6, 6.07) is 38.9. The van der Waals surface area contributed by atoms with Crippen LogP contribution in [0.5, 0.6) is 0 Å². The van der Waals surface area contributed by atoms with Crippen molar-refractivity contribution in [2.75, 3.05) is 4.90 Å². The maximum absolute atomic E-state index is 3.39. The molecular weight excluding hydrogens is 697 g/mol. The molecule has 9 aliphatic rings. The van der Waals surface area contributed by atoms with Gasteiger partial charge in [-0.2, -0.15) is 23.5 Å². The highest BCUT2D eigenvalue weighted by Crippen LogP contribution is 2.60. The van der Waals surface area contributed by atoms with Crippen molar-refractivity contribution in [3.05, 3.63) is 90.5 Å². The van der Waals surface area contributed by atoms with Gasteiger partial charge >= 0.3 is 0 Å². The average Bonchev–Trinajstić information content (AvgIpc) is 3.23. The molecule has 12 atom stereocenters. The first-order valence-corrected chi connectivity index (χ1v) is 24.3. The van der Waals surface area contributed by atoms with Crippen molar-refractivity contribution in [3.63, 3.8) is 0 Å². The Morgan fingerprint density at radius 2 is 0.815 bits per heavy atom. The molecule has 4 heterocycles. The number of benzene rings is 3. The van der Waals surface area contributed by atoms with Crippen LogP contribution in [0.3, 0.4) is 0 Å². The van der Waals surface area contributed by atoms with Crippen molar-refractivity contribution in [1.29, 1.82) is 0 Å². The van der Waals surface area contributed by atoms with Gasteiger partial charge in [-0.05, 0) is 112 Å². The third-order valence-electron chi connectivity index (χ3n) is 16.4. The number of fused-ring (bicyclic) bond motifs is 8. The molecule has 0 amide bonds. The second-order valence-corrected chi connectivity index (χ2v) is 21.8. The monoisotopic (exact) mass is 756 g/mol. The van der Waals surface area contributed by atoms with Gasteiger partial charge in [-0.25, -0.2) is 0 Å². The van der Waals surface area contributed by atoms with Crippen LogP contribution in [0, 0.1) is 0 Å². The summed E-state index contributed by atoms with van der Waals surface area (Å²) in [5.74, 6) is 0.625. The average molecular weight is 757 g/mol. The van der Waals surface area contributed by atoms with Crippen molar-refractivity contribution in [3.8, 4) is 0 Å². The molecule has 6 heteroatoms. The molecule has 5 aliphatic carbocycles. The molecule has 4 saturated heterocycles. The van der Waals surface area contributed by atoms with Crippen LogP contribution in [-0.4, -0.2) is 90.1 Å². The summed E-state index contributed by atoms with van der Waals surface area (Å²) in [5, 5.41) is 3.44. The molecule has 9 fully saturated rings. The number of hydrogen-bond donors (Lipinski definition) is 0. The molecule has 0 bridgehead atoms. The zero-order valence-electron chi connectivity index (χ0n) is 32.1. The summed E-state index contributed by atoms with van der Waals surface area (Å²) >= 11 is 5.00. The fraction of sp³-hybridized carbons (Fsp3) is 0.625. The molecule has 284 valence electrons. The van der Waals surface area contributed by atoms with Crippen LogP contribution in [0.1, 0.15) is 114 Å². The largest absolute Gasteiger partial charge is 0.311 e. The third-order valence-corrected chi connectivity index (χ3v) is 19.9. The number of para-hydroxylation sites is 2. The van der Waals surface area contributed by atoms with Crippen LogP contribution in [0.2, 0.25) is 0 Å². The predicted molar refractivity (Wildman–Crippen MR) is 228 cm³/mol. The van der Waals surface area contributed by atoms with E-state index in [2.05, 4.69) is 128 Å². The fourth-order valence-corrected chi connectivity index (χ4v) is 18.6. The van der Waals surface area contributed by atoms with Gasteiger partial charge in [-0.3, -0.25) is 14.7 Å². The van der Waals surface area contributed by atoms with E-state index in [4.69, 9.17) is 0 Å². The Morgan fingerprint density at radius 1 is 0.389 bits per heavy atom. The van der Waals surface area contributed by atoms with Gasteiger partial charge in [0.15, 0.2) is 0 Å². The molecule has 5 saturated carbocycles. The molecule has 12 rings (SSSR count). The second-order valence-electron chi connectivity index (χ2n) is 18.8. The number of thioether (sulfide) groups is 2. The molecule has 3 aromatic carbocycles. The van der Waals surface area contributed by atoms with E-state index in [1.165, 1.54) is 120 Å². The first-order chi connectivity index (χ1) is 26.8. The summed E-state index contributed by atoms with van der Waals surface area (Å²) < 4.78 is 0. The molecular formula is C48H60N4S2. The Kier molecular flexibility index (Phi) is 8.75. The van der Waals surface area contributed by atoms with Crippen LogP contribution < -0.4 is 4.90 Å². The van der Waals surface area contributed by atoms with Gasteiger partial charge in [0, 0.05) is 92.4 Å². The van der Waals surface area contributed by atoms with E-state index >= 15 is 0 Å². The number of nitrogens with zero attached hydrogens (tertiary/aromatic N) is 4. The van der Waals surface area contributed by atoms with E-state index in [1.54, 1.807) is 5.56 Å². The van der Waals surface area contributed by atoms with Crippen LogP contribution in [0.25, 0.3) is 0 Å². The number of hydrogen-bond acceptors (Lipinski definition) is 6. The van der Waals surface area contributed by atoms with Crippen LogP contribution in [-0.2, 0) is 0 Å². The Hall–Kier alpha value is -1.96. The maximum Gasteiger partial charge on any atom is 0.0461 e. The highest BCUT2D eigenvalue weighted by atomic mass is 32.2. The van der Waals surface area contributed by atoms with E-state index < -0.39 is 0 Å². The number of rotatable bonds is 4. The Balaban J connectivity index is 0.963. The molecule has 0 N–H and O–H groups in total. The maximum atomic E-state index is 3.39. The molecule has 4 aliphatic heterocycles. The van der Waals surface area contributed by atoms with Crippen molar-refractivity contribution in [2.24, 2.45) is 0 Å². The summed E-state index contributed by atoms with van der Waals surface area (Å²) in [7, 11) is 0. The lowest BCUT2D eigenvalue weighted by atomic mass is 9.64. The first-order valence-electron chi connectivity index (χ1n) is 22.4. The Bertz CT molecular complexity index is 1680. The number of anilines is 3. The lowest BCUT2D eigenvalue weighted by Gasteiger charge is -2.75. The van der Waals surface area contributed by atoms with Gasteiger partial charge in [-0.15, -0.1) is 0 Å². The second kappa shape index (κ2) is 13.9. The molecule has 12 unspecified atom stereocenters. The minimum Gasteiger partial charge on any atom is -0.311 e. The zero-order chi connectivity index (χ0) is 35.3. The summed E-state index contributed by atoms with van der Waals surface area (Å²) in [6.07, 6.45) is 23.2. The highest BCUT2D eigenvalue weighted by Gasteiger charge is 2.67. The van der Waals surface area contributed by atoms with Crippen LogP contribution in [0.15, 0.2) is 84.9 Å². The molecule has 0 radical (unpaired) electrons. The van der Waals surface area contributed by atoms with Gasteiger partial charge in [0.25, 0.3) is 0 Å². The standard InChI is InChI=1S/C48H60N4S2/c1-3-13-33(14-4-1)49(34-15-5-2-6-16-34)35-27-25-31(26-28-35)32-29-40-46-41(30-32)51-37-18-8-10-22-43(37)54-45-24-12-20-39(48(45)51)52(46)38-19-11-23-44-47(38)50(40)36-17-7-9-21-42(36)53-44/h1-6,13-16,25-28,32,36-48H,7-12,17-24,29-30H2. The van der Waals surface area contributed by atoms with E-state index in [9.17, 15) is 0 Å². The molecule has 0 spiro atoms. The minimum absolute atomic E-state index is 0.625. The van der Waals surface area contributed by atoms with E-state index in [0.29, 0.717) is 18.0 Å². The van der Waals surface area contributed by atoms with Crippen molar-refractivity contribution < 1.29 is 0 Å². The summed E-state index contributed by atoms with van der Waals surface area (Å²) in [5.41, 5.74) is 5.32. The minimum atomic E-state index is 0.625. The Labute approximate surface area is 333 Å². The fourth-order valence-electron chi connectivity index (χ4n) is 14.6. The van der Waals surface area contributed by atoms with Crippen LogP contribution >= 0.6 is 23.5 Å². The SMILES string of the molecule is c1ccc(N(c2ccccc2)c2ccc(C3CC4C5C(C3)N3C6CCCCC6SC6CCCC(C63)N5C3CCCC5SC6CCCCC6N4C53)cc2)cc1. The zero-order valence-corrected chi connectivity index (χ0v) is 33.7. The summed E-state index contributed by atoms with van der Waals surface area (Å²) in [6.45, 7) is 0. The van der Waals surface area contributed by atoms with Crippen LogP contribution in [0.4, 0.5) is 17.1 Å². The molecule has 3 aromatic rings. The molecule has 0 aromatic heterocycles. The van der Waals surface area contributed by atoms with Gasteiger partial charge in [0.2, 0.25) is 0 Å². The quantitative estimate of drug-likeness (QED) is 0.261. The van der Waals surface area contributed by atoms with Crippen molar-refractivity contribution in [2.45, 2.75) is 184 Å². The smallest absolute Gasteiger partial charge is 0.0461 e. The first kappa shape index (κ1) is 34.1. The van der Waals surface area contributed by atoms with Gasteiger partial charge in [-0.1, -0.05) is 87.1 Å². The lowest BCUT2D eigenvalue weighted by Crippen LogP contribution is -2.87. The molecule has 54 heavy (non-hydrogen) atoms. The predicted octanol–water partition coefficient (Wildman–Crippen LogP) is 10.8. The van der Waals surface area contributed by atoms with Gasteiger partial charge < -0.3 is 4.90 Å². The van der Waals surface area contributed by atoms with Crippen molar-refractivity contribution >= 4 is 40.6 Å². The van der Waals surface area contributed by atoms with Gasteiger partial charge in [0.05, 0.1) is 0 Å². The highest BCUT2D eigenvalue weighted by molar-refractivity contribution is 8.00. The van der Waals surface area contributed by atoms with E-state index in [0.717, 1.165) is 63.3 Å². The van der Waals surface area contributed by atoms with Crippen molar-refractivity contribution in [1.82, 2.24) is 14.7 Å². The number of piperazine rings is 2. The lowest BCUT2D eigenvalue weighted by molar-refractivity contribution is -0.210. The third kappa shape index (κ3) is 5.35. The van der Waals surface area contributed by atoms with E-state index in [-0.39, 0.29) is 0 Å². The summed E-state index contributed by atoms with van der Waals surface area (Å²) in [4.78, 5) is 12.6.